The van der Waals surface area contributed by atoms with Crippen LogP contribution in [-0.2, 0) is 6.42 Å². The first-order valence-electron chi connectivity index (χ1n) is 9.90. The van der Waals surface area contributed by atoms with E-state index in [0.717, 1.165) is 60.2 Å². The molecule has 0 bridgehead atoms. The Morgan fingerprint density at radius 3 is 2.82 bits per heavy atom. The smallest absolute Gasteiger partial charge is 0.270 e. The van der Waals surface area contributed by atoms with E-state index < -0.39 is 6.10 Å². The average Bonchev–Trinajstić information content (AvgIpc) is 2.71. The maximum atomic E-state index is 12.9. The van der Waals surface area contributed by atoms with Crippen LogP contribution in [0.3, 0.4) is 0 Å². The molecular weight excluding hydrogens is 374 g/mol. The molecule has 0 radical (unpaired) electrons. The summed E-state index contributed by atoms with van der Waals surface area (Å²) in [5, 5.41) is 15.6. The monoisotopic (exact) mass is 397 g/mol. The van der Waals surface area contributed by atoms with Gasteiger partial charge in [-0.1, -0.05) is 42.7 Å². The Balaban J connectivity index is 1.65. The molecule has 2 aromatic heterocycles. The molecule has 1 amide bonds. The molecule has 2 aliphatic carbocycles. The van der Waals surface area contributed by atoms with Crippen molar-refractivity contribution in [2.75, 3.05) is 0 Å². The Morgan fingerprint density at radius 1 is 1.21 bits per heavy atom. The Bertz CT molecular complexity index is 988. The van der Waals surface area contributed by atoms with Crippen molar-refractivity contribution in [3.63, 3.8) is 0 Å². The predicted molar refractivity (Wildman–Crippen MR) is 109 cm³/mol. The Kier molecular flexibility index (Phi) is 5.74. The van der Waals surface area contributed by atoms with Gasteiger partial charge in [-0.25, -0.2) is 9.97 Å². The van der Waals surface area contributed by atoms with Crippen LogP contribution in [0.15, 0.2) is 24.4 Å². The molecule has 0 saturated heterocycles. The van der Waals surface area contributed by atoms with Crippen LogP contribution < -0.4 is 15.9 Å². The number of fused-ring (bicyclic) bond motifs is 1. The van der Waals surface area contributed by atoms with Crippen molar-refractivity contribution < 1.29 is 9.90 Å². The maximum absolute atomic E-state index is 12.9. The average molecular weight is 398 g/mol. The fraction of sp³-hybridized carbons (Fsp3) is 0.409. The first-order valence-corrected chi connectivity index (χ1v) is 10.3. The normalized spacial score (nSPS) is 21.2. The van der Waals surface area contributed by atoms with Gasteiger partial charge in [0.1, 0.15) is 10.8 Å². The fourth-order valence-corrected chi connectivity index (χ4v) is 4.10. The molecule has 5 nitrogen and oxygen atoms in total. The quantitative estimate of drug-likeness (QED) is 0.775. The number of nitrogens with one attached hydrogen (secondary N) is 1. The molecule has 2 N–H and O–H groups in total. The summed E-state index contributed by atoms with van der Waals surface area (Å²) in [6.07, 6.45) is 11.7. The van der Waals surface area contributed by atoms with Crippen LogP contribution in [0.2, 0.25) is 5.15 Å². The van der Waals surface area contributed by atoms with Crippen LogP contribution in [0.5, 0.6) is 0 Å². The van der Waals surface area contributed by atoms with E-state index in [0.29, 0.717) is 17.3 Å². The summed E-state index contributed by atoms with van der Waals surface area (Å²) in [7, 11) is 0. The minimum atomic E-state index is -0.477. The third-order valence-corrected chi connectivity index (χ3v) is 5.71. The third kappa shape index (κ3) is 4.26. The molecule has 28 heavy (non-hydrogen) atoms. The summed E-state index contributed by atoms with van der Waals surface area (Å²) in [5.74, 6) is -0.219. The number of amides is 1. The lowest BCUT2D eigenvalue weighted by molar-refractivity contribution is 0.0713. The maximum Gasteiger partial charge on any atom is 0.270 e. The summed E-state index contributed by atoms with van der Waals surface area (Å²) < 4.78 is 0. The lowest BCUT2D eigenvalue weighted by Crippen LogP contribution is -2.46. The third-order valence-electron chi connectivity index (χ3n) is 5.49. The van der Waals surface area contributed by atoms with Crippen molar-refractivity contribution in [1.29, 1.82) is 0 Å². The van der Waals surface area contributed by atoms with Crippen molar-refractivity contribution in [1.82, 2.24) is 15.3 Å². The standard InChI is InChI=1S/C22H24ClN3O2/c23-21-10-9-14(13-24-21)11-15-12-19(25-17-6-2-1-5-16(15)17)22(28)26-18-7-3-4-8-20(18)27/h5-6,9-10,12-13,18,20,27H,1-4,7-8,11H2,(H,26,28)/t18-,20+/m0/s1. The molecule has 1 fully saturated rings. The van der Waals surface area contributed by atoms with Crippen LogP contribution in [0, 0.1) is 0 Å². The number of hydrogen-bond donors (Lipinski definition) is 2. The number of pyridine rings is 2. The van der Waals surface area contributed by atoms with Crippen LogP contribution in [0.1, 0.15) is 60.1 Å². The highest BCUT2D eigenvalue weighted by Gasteiger charge is 2.25. The highest BCUT2D eigenvalue weighted by molar-refractivity contribution is 6.29. The number of aliphatic hydroxyl groups excluding tert-OH is 1. The molecule has 2 heterocycles. The highest BCUT2D eigenvalue weighted by atomic mass is 35.5. The Labute approximate surface area is 169 Å². The second-order valence-electron chi connectivity index (χ2n) is 7.55. The molecule has 0 aliphatic heterocycles. The van der Waals surface area contributed by atoms with E-state index >= 15 is 0 Å². The highest BCUT2D eigenvalue weighted by Crippen LogP contribution is 2.18. The minimum absolute atomic E-state index is 0.196. The number of aliphatic hydroxyl groups is 1. The first kappa shape index (κ1) is 19.1. The minimum Gasteiger partial charge on any atom is -0.391 e. The van der Waals surface area contributed by atoms with Gasteiger partial charge in [0.05, 0.1) is 17.5 Å². The second-order valence-corrected chi connectivity index (χ2v) is 7.94. The summed E-state index contributed by atoms with van der Waals surface area (Å²) in [5.41, 5.74) is 2.49. The zero-order chi connectivity index (χ0) is 19.5. The van der Waals surface area contributed by atoms with Gasteiger partial charge in [0, 0.05) is 6.20 Å². The number of aromatic nitrogens is 2. The van der Waals surface area contributed by atoms with E-state index in [1.807, 2.05) is 12.1 Å². The molecule has 4 rings (SSSR count). The zero-order valence-electron chi connectivity index (χ0n) is 15.7. The van der Waals surface area contributed by atoms with E-state index in [-0.39, 0.29) is 11.9 Å². The van der Waals surface area contributed by atoms with Gasteiger partial charge in [-0.3, -0.25) is 4.79 Å². The molecule has 1 saturated carbocycles. The van der Waals surface area contributed by atoms with Crippen molar-refractivity contribution in [3.05, 3.63) is 56.9 Å². The van der Waals surface area contributed by atoms with E-state index in [1.165, 1.54) is 0 Å². The number of halogens is 1. The topological polar surface area (TPSA) is 75.1 Å². The zero-order valence-corrected chi connectivity index (χ0v) is 16.5. The van der Waals surface area contributed by atoms with Crippen molar-refractivity contribution >= 4 is 29.7 Å². The number of carbonyl (C=O) groups is 1. The molecule has 0 unspecified atom stereocenters. The lowest BCUT2D eigenvalue weighted by atomic mass is 9.92. The molecule has 2 aromatic rings. The Hall–Kier alpha value is -2.24. The molecule has 0 spiro atoms. The SMILES string of the molecule is O=C(N[C@H]1CCCC[C@H]1O)c1cc(Cc2ccc(Cl)nc2)c2c(n1)=CCCC=2. The summed E-state index contributed by atoms with van der Waals surface area (Å²) in [6.45, 7) is 0. The second kappa shape index (κ2) is 8.41. The van der Waals surface area contributed by atoms with Gasteiger partial charge in [-0.05, 0) is 60.6 Å². The van der Waals surface area contributed by atoms with Gasteiger partial charge in [0.2, 0.25) is 0 Å². The van der Waals surface area contributed by atoms with Crippen LogP contribution in [-0.4, -0.2) is 33.1 Å². The Morgan fingerprint density at radius 2 is 2.04 bits per heavy atom. The van der Waals surface area contributed by atoms with Gasteiger partial charge >= 0.3 is 0 Å². The number of carbonyl (C=O) groups excluding carboxylic acids is 1. The van der Waals surface area contributed by atoms with Gasteiger partial charge in [-0.2, -0.15) is 0 Å². The van der Waals surface area contributed by atoms with Gasteiger partial charge in [0.15, 0.2) is 0 Å². The summed E-state index contributed by atoms with van der Waals surface area (Å²) in [4.78, 5) is 21.6. The molecule has 6 heteroatoms. The van der Waals surface area contributed by atoms with Gasteiger partial charge < -0.3 is 10.4 Å². The van der Waals surface area contributed by atoms with Gasteiger partial charge in [0.25, 0.3) is 5.91 Å². The molecule has 0 aromatic carbocycles. The molecule has 2 aliphatic rings. The molecular formula is C22H24ClN3O2. The van der Waals surface area contributed by atoms with Crippen molar-refractivity contribution in [3.8, 4) is 0 Å². The number of hydrogen-bond acceptors (Lipinski definition) is 4. The number of nitrogens with zero attached hydrogens (tertiary/aromatic N) is 2. The van der Waals surface area contributed by atoms with Crippen LogP contribution in [0.4, 0.5) is 0 Å². The van der Waals surface area contributed by atoms with E-state index in [2.05, 4.69) is 27.4 Å². The fourth-order valence-electron chi connectivity index (χ4n) is 3.98. The largest absolute Gasteiger partial charge is 0.391 e. The van der Waals surface area contributed by atoms with E-state index in [1.54, 1.807) is 12.3 Å². The van der Waals surface area contributed by atoms with Crippen LogP contribution in [0.25, 0.3) is 12.2 Å². The van der Waals surface area contributed by atoms with E-state index in [4.69, 9.17) is 11.6 Å². The summed E-state index contributed by atoms with van der Waals surface area (Å²) >= 11 is 5.90. The van der Waals surface area contributed by atoms with Crippen LogP contribution >= 0.6 is 11.6 Å². The van der Waals surface area contributed by atoms with E-state index in [9.17, 15) is 9.90 Å². The summed E-state index contributed by atoms with van der Waals surface area (Å²) in [6, 6.07) is 5.40. The predicted octanol–water partition coefficient (Wildman–Crippen LogP) is 2.11. The van der Waals surface area contributed by atoms with Crippen molar-refractivity contribution in [2.24, 2.45) is 0 Å². The molecule has 146 valence electrons. The van der Waals surface area contributed by atoms with Crippen molar-refractivity contribution in [2.45, 2.75) is 57.1 Å². The number of rotatable bonds is 4. The van der Waals surface area contributed by atoms with Gasteiger partial charge in [-0.15, -0.1) is 0 Å². The lowest BCUT2D eigenvalue weighted by Gasteiger charge is -2.28. The first-order chi connectivity index (χ1) is 13.6. The molecule has 2 atom stereocenters.